The van der Waals surface area contributed by atoms with Gasteiger partial charge in [-0.3, -0.25) is 9.78 Å². The number of carbonyl (C=O) groups excluding carboxylic acids is 1. The molecule has 1 saturated carbocycles. The number of rotatable bonds is 4. The number of nitrogens with zero attached hydrogens (tertiary/aromatic N) is 2. The predicted molar refractivity (Wildman–Crippen MR) is 67.7 cm³/mol. The van der Waals surface area contributed by atoms with Gasteiger partial charge in [-0.15, -0.1) is 0 Å². The molecule has 4 nitrogen and oxygen atoms in total. The lowest BCUT2D eigenvalue weighted by molar-refractivity contribution is 0.0757. The van der Waals surface area contributed by atoms with Crippen molar-refractivity contribution in [1.29, 1.82) is 0 Å². The van der Waals surface area contributed by atoms with Crippen LogP contribution in [0.1, 0.15) is 35.8 Å². The Kier molecular flexibility index (Phi) is 3.31. The summed E-state index contributed by atoms with van der Waals surface area (Å²) in [7, 11) is 0. The summed E-state index contributed by atoms with van der Waals surface area (Å²) < 4.78 is 0. The monoisotopic (exact) mass is 233 g/mol. The minimum atomic E-state index is 0.00407. The van der Waals surface area contributed by atoms with E-state index < -0.39 is 0 Å². The van der Waals surface area contributed by atoms with Crippen molar-refractivity contribution in [3.05, 3.63) is 23.5 Å². The van der Waals surface area contributed by atoms with Crippen molar-refractivity contribution in [3.8, 4) is 0 Å². The van der Waals surface area contributed by atoms with Crippen LogP contribution in [0.4, 0.5) is 5.69 Å². The lowest BCUT2D eigenvalue weighted by Crippen LogP contribution is -2.33. The number of nitrogens with two attached hydrogens (primary N) is 1. The molecule has 1 aromatic rings. The van der Waals surface area contributed by atoms with Gasteiger partial charge in [-0.1, -0.05) is 0 Å². The molecule has 1 aliphatic rings. The van der Waals surface area contributed by atoms with Crippen LogP contribution in [0.2, 0.25) is 0 Å². The Balaban J connectivity index is 2.15. The molecule has 0 radical (unpaired) electrons. The number of carbonyl (C=O) groups is 1. The predicted octanol–water partition coefficient (Wildman–Crippen LogP) is 1.84. The van der Waals surface area contributed by atoms with Gasteiger partial charge in [0.2, 0.25) is 0 Å². The molecule has 17 heavy (non-hydrogen) atoms. The SMILES string of the molecule is CCN(CC1CC1)C(=O)c1cnc(C)cc1N. The summed E-state index contributed by atoms with van der Waals surface area (Å²) in [6.07, 6.45) is 4.07. The zero-order chi connectivity index (χ0) is 12.4. The fourth-order valence-corrected chi connectivity index (χ4v) is 1.90. The van der Waals surface area contributed by atoms with Crippen LogP contribution in [-0.2, 0) is 0 Å². The van der Waals surface area contributed by atoms with E-state index in [0.29, 0.717) is 17.2 Å². The Bertz CT molecular complexity index is 427. The van der Waals surface area contributed by atoms with Gasteiger partial charge >= 0.3 is 0 Å². The number of amides is 1. The first-order valence-corrected chi connectivity index (χ1v) is 6.13. The summed E-state index contributed by atoms with van der Waals surface area (Å²) in [4.78, 5) is 18.3. The van der Waals surface area contributed by atoms with E-state index in [1.54, 1.807) is 12.3 Å². The highest BCUT2D eigenvalue weighted by Gasteiger charge is 2.27. The minimum Gasteiger partial charge on any atom is -0.398 e. The van der Waals surface area contributed by atoms with Crippen molar-refractivity contribution in [2.45, 2.75) is 26.7 Å². The highest BCUT2D eigenvalue weighted by Crippen LogP contribution is 2.30. The first-order valence-electron chi connectivity index (χ1n) is 6.13. The zero-order valence-corrected chi connectivity index (χ0v) is 10.4. The molecule has 1 amide bonds. The van der Waals surface area contributed by atoms with E-state index >= 15 is 0 Å². The third kappa shape index (κ3) is 2.75. The standard InChI is InChI=1S/C13H19N3O/c1-3-16(8-10-4-5-10)13(17)11-7-15-9(2)6-12(11)14/h6-7,10H,3-5,8H2,1-2H3,(H2,14,15). The van der Waals surface area contributed by atoms with Crippen LogP contribution in [0.5, 0.6) is 0 Å². The van der Waals surface area contributed by atoms with Crippen LogP contribution >= 0.6 is 0 Å². The summed E-state index contributed by atoms with van der Waals surface area (Å²) >= 11 is 0. The molecule has 2 rings (SSSR count). The average Bonchev–Trinajstić information content (AvgIpc) is 3.09. The molecule has 1 fully saturated rings. The third-order valence-electron chi connectivity index (χ3n) is 3.15. The summed E-state index contributed by atoms with van der Waals surface area (Å²) in [5, 5.41) is 0. The van der Waals surface area contributed by atoms with Gasteiger partial charge in [0.05, 0.1) is 5.56 Å². The number of aromatic nitrogens is 1. The van der Waals surface area contributed by atoms with Crippen LogP contribution in [0, 0.1) is 12.8 Å². The molecule has 0 unspecified atom stereocenters. The molecule has 0 aliphatic heterocycles. The van der Waals surface area contributed by atoms with E-state index in [0.717, 1.165) is 18.8 Å². The number of pyridine rings is 1. The van der Waals surface area contributed by atoms with Gasteiger partial charge in [-0.25, -0.2) is 0 Å². The molecule has 92 valence electrons. The average molecular weight is 233 g/mol. The molecule has 0 bridgehead atoms. The summed E-state index contributed by atoms with van der Waals surface area (Å²) in [5.41, 5.74) is 7.76. The van der Waals surface area contributed by atoms with Crippen LogP contribution < -0.4 is 5.73 Å². The maximum atomic E-state index is 12.3. The lowest BCUT2D eigenvalue weighted by atomic mass is 10.2. The van der Waals surface area contributed by atoms with Crippen molar-refractivity contribution in [2.24, 2.45) is 5.92 Å². The van der Waals surface area contributed by atoms with Gasteiger partial charge in [0.15, 0.2) is 0 Å². The van der Waals surface area contributed by atoms with Gasteiger partial charge in [0.1, 0.15) is 0 Å². The second-order valence-electron chi connectivity index (χ2n) is 4.70. The van der Waals surface area contributed by atoms with Gasteiger partial charge in [-0.05, 0) is 38.7 Å². The number of anilines is 1. The molecule has 0 saturated heterocycles. The van der Waals surface area contributed by atoms with E-state index in [1.807, 2.05) is 18.7 Å². The van der Waals surface area contributed by atoms with Crippen LogP contribution in [-0.4, -0.2) is 28.9 Å². The van der Waals surface area contributed by atoms with E-state index in [-0.39, 0.29) is 5.91 Å². The van der Waals surface area contributed by atoms with E-state index in [9.17, 15) is 4.79 Å². The number of nitrogen functional groups attached to an aromatic ring is 1. The molecule has 1 aromatic heterocycles. The van der Waals surface area contributed by atoms with Crippen LogP contribution in [0.3, 0.4) is 0 Å². The van der Waals surface area contributed by atoms with E-state index in [4.69, 9.17) is 5.73 Å². The maximum Gasteiger partial charge on any atom is 0.257 e. The Labute approximate surface area is 102 Å². The molecule has 2 N–H and O–H groups in total. The zero-order valence-electron chi connectivity index (χ0n) is 10.4. The Morgan fingerprint density at radius 1 is 1.59 bits per heavy atom. The van der Waals surface area contributed by atoms with Crippen LogP contribution in [0.25, 0.3) is 0 Å². The second-order valence-corrected chi connectivity index (χ2v) is 4.70. The lowest BCUT2D eigenvalue weighted by Gasteiger charge is -2.21. The molecule has 0 aromatic carbocycles. The number of aryl methyl sites for hydroxylation is 1. The molecule has 1 heterocycles. The normalized spacial score (nSPS) is 14.7. The molecular weight excluding hydrogens is 214 g/mol. The largest absolute Gasteiger partial charge is 0.398 e. The molecule has 0 spiro atoms. The van der Waals surface area contributed by atoms with Gasteiger partial charge in [-0.2, -0.15) is 0 Å². The third-order valence-corrected chi connectivity index (χ3v) is 3.15. The highest BCUT2D eigenvalue weighted by molar-refractivity contribution is 5.98. The van der Waals surface area contributed by atoms with Crippen molar-refractivity contribution >= 4 is 11.6 Å². The Hall–Kier alpha value is -1.58. The molecule has 4 heteroatoms. The van der Waals surface area contributed by atoms with E-state index in [2.05, 4.69) is 4.98 Å². The number of hydrogen-bond donors (Lipinski definition) is 1. The molecule has 0 atom stereocenters. The smallest absolute Gasteiger partial charge is 0.257 e. The summed E-state index contributed by atoms with van der Waals surface area (Å²) in [5.74, 6) is 0.697. The summed E-state index contributed by atoms with van der Waals surface area (Å²) in [6, 6.07) is 1.75. The first kappa shape index (κ1) is 11.9. The fraction of sp³-hybridized carbons (Fsp3) is 0.538. The Morgan fingerprint density at radius 2 is 2.29 bits per heavy atom. The van der Waals surface area contributed by atoms with Gasteiger partial charge in [0, 0.05) is 30.7 Å². The Morgan fingerprint density at radius 3 is 2.82 bits per heavy atom. The van der Waals surface area contributed by atoms with Crippen molar-refractivity contribution in [2.75, 3.05) is 18.8 Å². The van der Waals surface area contributed by atoms with Crippen molar-refractivity contribution in [3.63, 3.8) is 0 Å². The minimum absolute atomic E-state index is 0.00407. The highest BCUT2D eigenvalue weighted by atomic mass is 16.2. The number of hydrogen-bond acceptors (Lipinski definition) is 3. The maximum absolute atomic E-state index is 12.3. The molecule has 1 aliphatic carbocycles. The quantitative estimate of drug-likeness (QED) is 0.863. The van der Waals surface area contributed by atoms with Crippen molar-refractivity contribution < 1.29 is 4.79 Å². The van der Waals surface area contributed by atoms with E-state index in [1.165, 1.54) is 12.8 Å². The topological polar surface area (TPSA) is 59.2 Å². The first-order chi connectivity index (χ1) is 8.11. The van der Waals surface area contributed by atoms with Crippen LogP contribution in [0.15, 0.2) is 12.3 Å². The summed E-state index contributed by atoms with van der Waals surface area (Å²) in [6.45, 7) is 5.44. The molecular formula is C13H19N3O. The van der Waals surface area contributed by atoms with Crippen molar-refractivity contribution in [1.82, 2.24) is 9.88 Å². The van der Waals surface area contributed by atoms with Gasteiger partial charge in [0.25, 0.3) is 5.91 Å². The second kappa shape index (κ2) is 4.73. The fourth-order valence-electron chi connectivity index (χ4n) is 1.90. The van der Waals surface area contributed by atoms with Gasteiger partial charge < -0.3 is 10.6 Å².